The highest BCUT2D eigenvalue weighted by molar-refractivity contribution is 5.85. The van der Waals surface area contributed by atoms with Crippen LogP contribution in [0.15, 0.2) is 24.3 Å². The Hall–Kier alpha value is -1.75. The van der Waals surface area contributed by atoms with Crippen molar-refractivity contribution in [1.29, 1.82) is 0 Å². The van der Waals surface area contributed by atoms with Crippen LogP contribution in [-0.2, 0) is 4.74 Å². The summed E-state index contributed by atoms with van der Waals surface area (Å²) in [5.41, 5.74) is 0.732. The number of hydrogen-bond acceptors (Lipinski definition) is 4. The molecule has 1 N–H and O–H groups in total. The average Bonchev–Trinajstić information content (AvgIpc) is 3.25. The van der Waals surface area contributed by atoms with Gasteiger partial charge in [0, 0.05) is 24.2 Å². The predicted molar refractivity (Wildman–Crippen MR) is 122 cm³/mol. The van der Waals surface area contributed by atoms with Crippen LogP contribution in [0, 0.1) is 5.92 Å². The number of unbranched alkanes of at least 4 members (excludes halogenated alkanes) is 4. The number of likely N-dealkylation sites (tertiary alicyclic amines) is 1. The number of ether oxygens (including phenoxy) is 2. The van der Waals surface area contributed by atoms with Crippen LogP contribution in [-0.4, -0.2) is 43.3 Å². The Bertz CT molecular complexity index is 631. The van der Waals surface area contributed by atoms with Gasteiger partial charge >= 0.3 is 6.09 Å². The first kappa shape index (κ1) is 22.9. The third-order valence-corrected chi connectivity index (χ3v) is 6.39. The molecule has 0 spiro atoms. The van der Waals surface area contributed by atoms with Gasteiger partial charge in [0.2, 0.25) is 0 Å². The molecule has 3 rings (SSSR count). The normalized spacial score (nSPS) is 22.0. The van der Waals surface area contributed by atoms with E-state index in [2.05, 4.69) is 17.1 Å². The smallest absolute Gasteiger partial charge is 0.411 e. The van der Waals surface area contributed by atoms with Crippen LogP contribution >= 0.6 is 0 Å². The molecule has 1 aromatic rings. The number of carbonyl (C=O) groups is 1. The van der Waals surface area contributed by atoms with Crippen molar-refractivity contribution in [2.45, 2.75) is 83.7 Å². The fraction of sp³-hybridized carbons (Fsp3) is 0.720. The summed E-state index contributed by atoms with van der Waals surface area (Å²) >= 11 is 0. The van der Waals surface area contributed by atoms with Crippen molar-refractivity contribution < 1.29 is 14.3 Å². The van der Waals surface area contributed by atoms with E-state index in [1.165, 1.54) is 58.0 Å². The molecule has 1 aliphatic heterocycles. The van der Waals surface area contributed by atoms with Crippen LogP contribution in [0.3, 0.4) is 0 Å². The zero-order chi connectivity index (χ0) is 21.0. The van der Waals surface area contributed by atoms with Crippen LogP contribution in [0.25, 0.3) is 0 Å². The lowest BCUT2D eigenvalue weighted by Gasteiger charge is -2.33. The SMILES string of the molecule is CCCCCCCOc1cccc(NC(=O)O[C@@H]2CCCC[C@H]2CN2CCCC2)c1. The number of rotatable bonds is 11. The molecular weight excluding hydrogens is 376 g/mol. The average molecular weight is 417 g/mol. The number of amides is 1. The summed E-state index contributed by atoms with van der Waals surface area (Å²) in [4.78, 5) is 15.1. The summed E-state index contributed by atoms with van der Waals surface area (Å²) in [6.45, 7) is 6.40. The molecule has 1 aliphatic carbocycles. The highest BCUT2D eigenvalue weighted by atomic mass is 16.6. The molecule has 2 fully saturated rings. The van der Waals surface area contributed by atoms with E-state index in [9.17, 15) is 4.79 Å². The Labute approximate surface area is 182 Å². The van der Waals surface area contributed by atoms with E-state index in [-0.39, 0.29) is 12.2 Å². The van der Waals surface area contributed by atoms with E-state index < -0.39 is 0 Å². The molecule has 2 atom stereocenters. The summed E-state index contributed by atoms with van der Waals surface area (Å²) in [6.07, 6.45) is 12.9. The third kappa shape index (κ3) is 7.82. The van der Waals surface area contributed by atoms with Gasteiger partial charge in [-0.1, -0.05) is 45.1 Å². The molecule has 0 aromatic heterocycles. The zero-order valence-corrected chi connectivity index (χ0v) is 18.7. The summed E-state index contributed by atoms with van der Waals surface area (Å²) in [5.74, 6) is 1.26. The van der Waals surface area contributed by atoms with Crippen LogP contribution in [0.5, 0.6) is 5.75 Å². The first-order chi connectivity index (χ1) is 14.7. The highest BCUT2D eigenvalue weighted by Crippen LogP contribution is 2.29. The maximum absolute atomic E-state index is 12.5. The standard InChI is InChI=1S/C25H40N2O3/c1-2-3-4-5-10-18-29-23-14-11-13-22(19-23)26-25(28)30-24-15-7-6-12-21(24)20-27-16-8-9-17-27/h11,13-14,19,21,24H,2-10,12,15-18,20H2,1H3,(H,26,28)/t21-,24+/m0/s1. The van der Waals surface area contributed by atoms with Gasteiger partial charge in [-0.3, -0.25) is 5.32 Å². The van der Waals surface area contributed by atoms with E-state index in [0.29, 0.717) is 5.92 Å². The lowest BCUT2D eigenvalue weighted by atomic mass is 9.86. The molecule has 1 saturated heterocycles. The number of benzene rings is 1. The number of carbonyl (C=O) groups excluding carboxylic acids is 1. The molecule has 30 heavy (non-hydrogen) atoms. The molecule has 168 valence electrons. The van der Waals surface area contributed by atoms with Crippen LogP contribution in [0.2, 0.25) is 0 Å². The number of nitrogens with zero attached hydrogens (tertiary/aromatic N) is 1. The maximum Gasteiger partial charge on any atom is 0.411 e. The largest absolute Gasteiger partial charge is 0.494 e. The Morgan fingerprint density at radius 3 is 2.70 bits per heavy atom. The Balaban J connectivity index is 1.43. The summed E-state index contributed by atoms with van der Waals surface area (Å²) in [7, 11) is 0. The second-order valence-corrected chi connectivity index (χ2v) is 8.91. The second kappa shape index (κ2) is 12.8. The molecular formula is C25H40N2O3. The monoisotopic (exact) mass is 416 g/mol. The van der Waals surface area contributed by atoms with Crippen molar-refractivity contribution in [3.63, 3.8) is 0 Å². The molecule has 0 radical (unpaired) electrons. The van der Waals surface area contributed by atoms with Crippen molar-refractivity contribution in [2.75, 3.05) is 31.6 Å². The van der Waals surface area contributed by atoms with Gasteiger partial charge in [0.15, 0.2) is 0 Å². The van der Waals surface area contributed by atoms with Gasteiger partial charge in [0.05, 0.1) is 6.61 Å². The Morgan fingerprint density at radius 2 is 1.87 bits per heavy atom. The molecule has 1 saturated carbocycles. The van der Waals surface area contributed by atoms with Crippen LogP contribution < -0.4 is 10.1 Å². The molecule has 0 bridgehead atoms. The fourth-order valence-corrected chi connectivity index (χ4v) is 4.68. The molecule has 5 nitrogen and oxygen atoms in total. The summed E-state index contributed by atoms with van der Waals surface area (Å²) in [6, 6.07) is 7.63. The number of anilines is 1. The van der Waals surface area contributed by atoms with E-state index in [4.69, 9.17) is 9.47 Å². The second-order valence-electron chi connectivity index (χ2n) is 8.91. The minimum Gasteiger partial charge on any atom is -0.494 e. The molecule has 2 aliphatic rings. The fourth-order valence-electron chi connectivity index (χ4n) is 4.68. The topological polar surface area (TPSA) is 50.8 Å². The first-order valence-electron chi connectivity index (χ1n) is 12.2. The lowest BCUT2D eigenvalue weighted by Crippen LogP contribution is -2.38. The van der Waals surface area contributed by atoms with Crippen LogP contribution in [0.4, 0.5) is 10.5 Å². The summed E-state index contributed by atoms with van der Waals surface area (Å²) in [5, 5.41) is 2.91. The van der Waals surface area contributed by atoms with E-state index >= 15 is 0 Å². The third-order valence-electron chi connectivity index (χ3n) is 6.39. The summed E-state index contributed by atoms with van der Waals surface area (Å²) < 4.78 is 11.7. The molecule has 0 unspecified atom stereocenters. The molecule has 1 heterocycles. The minimum absolute atomic E-state index is 0.0295. The molecule has 1 amide bonds. The zero-order valence-electron chi connectivity index (χ0n) is 18.7. The number of nitrogens with one attached hydrogen (secondary N) is 1. The van der Waals surface area contributed by atoms with Crippen LogP contribution in [0.1, 0.15) is 77.6 Å². The van der Waals surface area contributed by atoms with Crippen molar-refractivity contribution in [3.05, 3.63) is 24.3 Å². The Kier molecular flexibility index (Phi) is 9.81. The van der Waals surface area contributed by atoms with E-state index in [1.807, 2.05) is 24.3 Å². The number of hydrogen-bond donors (Lipinski definition) is 1. The van der Waals surface area contributed by atoms with E-state index in [1.54, 1.807) is 0 Å². The molecule has 5 heteroatoms. The van der Waals surface area contributed by atoms with Gasteiger partial charge in [0.25, 0.3) is 0 Å². The van der Waals surface area contributed by atoms with Gasteiger partial charge in [-0.25, -0.2) is 4.79 Å². The molecule has 1 aromatic carbocycles. The quantitative estimate of drug-likeness (QED) is 0.434. The highest BCUT2D eigenvalue weighted by Gasteiger charge is 2.30. The van der Waals surface area contributed by atoms with Gasteiger partial charge in [0.1, 0.15) is 11.9 Å². The van der Waals surface area contributed by atoms with Gasteiger partial charge in [-0.15, -0.1) is 0 Å². The van der Waals surface area contributed by atoms with Crippen molar-refractivity contribution in [3.8, 4) is 5.75 Å². The predicted octanol–water partition coefficient (Wildman–Crippen LogP) is 6.24. The van der Waals surface area contributed by atoms with Crippen molar-refractivity contribution in [1.82, 2.24) is 4.90 Å². The van der Waals surface area contributed by atoms with Gasteiger partial charge in [-0.05, 0) is 63.7 Å². The van der Waals surface area contributed by atoms with Crippen molar-refractivity contribution >= 4 is 11.8 Å². The van der Waals surface area contributed by atoms with E-state index in [0.717, 1.165) is 50.3 Å². The van der Waals surface area contributed by atoms with Gasteiger partial charge < -0.3 is 14.4 Å². The maximum atomic E-state index is 12.5. The van der Waals surface area contributed by atoms with Gasteiger partial charge in [-0.2, -0.15) is 0 Å². The lowest BCUT2D eigenvalue weighted by molar-refractivity contribution is 0.0327. The Morgan fingerprint density at radius 1 is 1.07 bits per heavy atom. The minimum atomic E-state index is -0.343. The first-order valence-corrected chi connectivity index (χ1v) is 12.2. The van der Waals surface area contributed by atoms with Crippen molar-refractivity contribution in [2.24, 2.45) is 5.92 Å².